The van der Waals surface area contributed by atoms with Gasteiger partial charge >= 0.3 is 0 Å². The predicted molar refractivity (Wildman–Crippen MR) is 76.0 cm³/mol. The Balaban J connectivity index is 4.28. The van der Waals surface area contributed by atoms with E-state index in [1.165, 1.54) is 5.57 Å². The molecular formula is C16H28O. The molecule has 0 amide bonds. The first-order valence-corrected chi connectivity index (χ1v) is 6.50. The zero-order valence-corrected chi connectivity index (χ0v) is 12.5. The van der Waals surface area contributed by atoms with E-state index in [1.54, 1.807) is 6.08 Å². The van der Waals surface area contributed by atoms with Crippen LogP contribution in [0.4, 0.5) is 0 Å². The smallest absolute Gasteiger partial charge is 0.160 e. The van der Waals surface area contributed by atoms with E-state index in [1.807, 2.05) is 26.8 Å². The molecule has 0 radical (unpaired) electrons. The number of ketones is 1. The van der Waals surface area contributed by atoms with Crippen LogP contribution in [0.1, 0.15) is 54.9 Å². The molecule has 0 aromatic heterocycles. The molecule has 0 aromatic carbocycles. The summed E-state index contributed by atoms with van der Waals surface area (Å²) in [6.45, 7) is 14.5. The van der Waals surface area contributed by atoms with Gasteiger partial charge in [-0.2, -0.15) is 0 Å². The normalized spacial score (nSPS) is 15.7. The number of rotatable bonds is 5. The average Bonchev–Trinajstić information content (AvgIpc) is 2.10. The molecule has 0 heterocycles. The lowest BCUT2D eigenvalue weighted by molar-refractivity contribution is -0.121. The highest BCUT2D eigenvalue weighted by Crippen LogP contribution is 2.18. The van der Waals surface area contributed by atoms with Crippen molar-refractivity contribution in [3.8, 4) is 0 Å². The molecular weight excluding hydrogens is 208 g/mol. The van der Waals surface area contributed by atoms with E-state index < -0.39 is 0 Å². The highest BCUT2D eigenvalue weighted by atomic mass is 16.1. The highest BCUT2D eigenvalue weighted by molar-refractivity contribution is 5.93. The van der Waals surface area contributed by atoms with E-state index in [9.17, 15) is 4.79 Å². The van der Waals surface area contributed by atoms with Crippen molar-refractivity contribution in [2.75, 3.05) is 0 Å². The van der Waals surface area contributed by atoms with Gasteiger partial charge in [0.25, 0.3) is 0 Å². The second-order valence-electron chi connectivity index (χ2n) is 6.41. The number of hydrogen-bond acceptors (Lipinski definition) is 1. The summed E-state index contributed by atoms with van der Waals surface area (Å²) in [5.41, 5.74) is 1.10. The van der Waals surface area contributed by atoms with Crippen LogP contribution < -0.4 is 0 Å². The SMILES string of the molecule is CC(C)=CC(C)CC(C)/C=C/C(=O)C(C)(C)C. The molecule has 2 unspecified atom stereocenters. The molecule has 1 heteroatoms. The molecule has 2 atom stereocenters. The third-order valence-electron chi connectivity index (χ3n) is 2.68. The summed E-state index contributed by atoms with van der Waals surface area (Å²) in [7, 11) is 0. The third kappa shape index (κ3) is 7.95. The van der Waals surface area contributed by atoms with E-state index >= 15 is 0 Å². The summed E-state index contributed by atoms with van der Waals surface area (Å²) in [6.07, 6.45) is 7.18. The Morgan fingerprint density at radius 3 is 2.06 bits per heavy atom. The van der Waals surface area contributed by atoms with Crippen LogP contribution in [0.5, 0.6) is 0 Å². The molecule has 0 N–H and O–H groups in total. The average molecular weight is 236 g/mol. The topological polar surface area (TPSA) is 17.1 Å². The summed E-state index contributed by atoms with van der Waals surface area (Å²) in [5, 5.41) is 0. The van der Waals surface area contributed by atoms with Crippen molar-refractivity contribution >= 4 is 5.78 Å². The van der Waals surface area contributed by atoms with Crippen molar-refractivity contribution in [1.29, 1.82) is 0 Å². The molecule has 98 valence electrons. The molecule has 0 aliphatic heterocycles. The summed E-state index contributed by atoms with van der Waals surface area (Å²) < 4.78 is 0. The molecule has 0 aromatic rings. The fourth-order valence-corrected chi connectivity index (χ4v) is 1.80. The fraction of sp³-hybridized carbons (Fsp3) is 0.688. The van der Waals surface area contributed by atoms with Crippen molar-refractivity contribution in [2.45, 2.75) is 54.9 Å². The summed E-state index contributed by atoms with van der Waals surface area (Å²) >= 11 is 0. The van der Waals surface area contributed by atoms with Crippen molar-refractivity contribution in [1.82, 2.24) is 0 Å². The Hall–Kier alpha value is -0.850. The van der Waals surface area contributed by atoms with Crippen LogP contribution in [-0.4, -0.2) is 5.78 Å². The Bertz CT molecular complexity index is 298. The molecule has 0 spiro atoms. The lowest BCUT2D eigenvalue weighted by atomic mass is 9.89. The maximum absolute atomic E-state index is 11.7. The second-order valence-corrected chi connectivity index (χ2v) is 6.41. The number of carbonyl (C=O) groups is 1. The van der Waals surface area contributed by atoms with E-state index in [4.69, 9.17) is 0 Å². The maximum atomic E-state index is 11.7. The van der Waals surface area contributed by atoms with Gasteiger partial charge in [-0.3, -0.25) is 4.79 Å². The van der Waals surface area contributed by atoms with Crippen LogP contribution in [0.15, 0.2) is 23.8 Å². The zero-order valence-electron chi connectivity index (χ0n) is 12.5. The number of carbonyl (C=O) groups excluding carboxylic acids is 1. The zero-order chi connectivity index (χ0) is 13.6. The summed E-state index contributed by atoms with van der Waals surface area (Å²) in [5.74, 6) is 1.23. The standard InChI is InChI=1S/C16H28O/c1-12(2)10-14(4)11-13(3)8-9-15(17)16(5,6)7/h8-10,13-14H,11H2,1-7H3/b9-8+. The van der Waals surface area contributed by atoms with Crippen LogP contribution in [0.3, 0.4) is 0 Å². The van der Waals surface area contributed by atoms with Crippen LogP contribution in [0.25, 0.3) is 0 Å². The minimum atomic E-state index is -0.262. The molecule has 0 rings (SSSR count). The van der Waals surface area contributed by atoms with Crippen LogP contribution in [0, 0.1) is 17.3 Å². The molecule has 0 saturated carbocycles. The quantitative estimate of drug-likeness (QED) is 0.495. The van der Waals surface area contributed by atoms with Crippen LogP contribution >= 0.6 is 0 Å². The maximum Gasteiger partial charge on any atom is 0.160 e. The van der Waals surface area contributed by atoms with Gasteiger partial charge in [-0.25, -0.2) is 0 Å². The van der Waals surface area contributed by atoms with Crippen molar-refractivity contribution in [3.05, 3.63) is 23.8 Å². The largest absolute Gasteiger partial charge is 0.294 e. The van der Waals surface area contributed by atoms with Crippen molar-refractivity contribution in [2.24, 2.45) is 17.3 Å². The van der Waals surface area contributed by atoms with Crippen LogP contribution in [-0.2, 0) is 4.79 Å². The molecule has 1 nitrogen and oxygen atoms in total. The summed E-state index contributed by atoms with van der Waals surface area (Å²) in [6, 6.07) is 0. The van der Waals surface area contributed by atoms with E-state index in [0.717, 1.165) is 6.42 Å². The molecule has 0 aliphatic rings. The third-order valence-corrected chi connectivity index (χ3v) is 2.68. The Morgan fingerprint density at radius 1 is 1.12 bits per heavy atom. The van der Waals surface area contributed by atoms with E-state index in [0.29, 0.717) is 11.8 Å². The fourth-order valence-electron chi connectivity index (χ4n) is 1.80. The Labute approximate surface area is 107 Å². The molecule has 0 aliphatic carbocycles. The van der Waals surface area contributed by atoms with Gasteiger partial charge in [0.2, 0.25) is 0 Å². The minimum absolute atomic E-state index is 0.208. The predicted octanol–water partition coefficient (Wildman–Crippen LogP) is 4.79. The minimum Gasteiger partial charge on any atom is -0.294 e. The van der Waals surface area contributed by atoms with E-state index in [2.05, 4.69) is 33.8 Å². The van der Waals surface area contributed by atoms with Gasteiger partial charge in [-0.1, -0.05) is 52.3 Å². The second kappa shape index (κ2) is 6.78. The van der Waals surface area contributed by atoms with Gasteiger partial charge in [0.1, 0.15) is 0 Å². The first kappa shape index (κ1) is 16.1. The molecule has 0 bridgehead atoms. The highest BCUT2D eigenvalue weighted by Gasteiger charge is 2.18. The Morgan fingerprint density at radius 2 is 1.65 bits per heavy atom. The monoisotopic (exact) mass is 236 g/mol. The van der Waals surface area contributed by atoms with Gasteiger partial charge in [0.05, 0.1) is 0 Å². The lowest BCUT2D eigenvalue weighted by Gasteiger charge is -2.15. The van der Waals surface area contributed by atoms with Gasteiger partial charge < -0.3 is 0 Å². The first-order chi connectivity index (χ1) is 7.62. The molecule has 0 fully saturated rings. The van der Waals surface area contributed by atoms with E-state index in [-0.39, 0.29) is 11.2 Å². The lowest BCUT2D eigenvalue weighted by Crippen LogP contribution is -2.17. The van der Waals surface area contributed by atoms with Crippen molar-refractivity contribution < 1.29 is 4.79 Å². The number of hydrogen-bond donors (Lipinski definition) is 0. The first-order valence-electron chi connectivity index (χ1n) is 6.50. The van der Waals surface area contributed by atoms with Gasteiger partial charge in [0.15, 0.2) is 5.78 Å². The van der Waals surface area contributed by atoms with Crippen molar-refractivity contribution in [3.63, 3.8) is 0 Å². The van der Waals surface area contributed by atoms with Gasteiger partial charge in [0, 0.05) is 5.41 Å². The van der Waals surface area contributed by atoms with Gasteiger partial charge in [-0.15, -0.1) is 0 Å². The number of allylic oxidation sites excluding steroid dienone is 4. The van der Waals surface area contributed by atoms with Gasteiger partial charge in [-0.05, 0) is 38.2 Å². The summed E-state index contributed by atoms with van der Waals surface area (Å²) in [4.78, 5) is 11.7. The van der Waals surface area contributed by atoms with Crippen LogP contribution in [0.2, 0.25) is 0 Å². The molecule has 0 saturated heterocycles. The molecule has 17 heavy (non-hydrogen) atoms. The Kier molecular flexibility index (Phi) is 6.44.